The minimum Gasteiger partial charge on any atom is -0.457 e. The fourth-order valence-electron chi connectivity index (χ4n) is 3.08. The Labute approximate surface area is 165 Å². The maximum absolute atomic E-state index is 12.2. The zero-order valence-electron chi connectivity index (χ0n) is 15.1. The van der Waals surface area contributed by atoms with Gasteiger partial charge in [0, 0.05) is 36.4 Å². The van der Waals surface area contributed by atoms with Gasteiger partial charge in [0.15, 0.2) is 5.17 Å². The molecule has 2 aliphatic rings. The SMILES string of the molecule is Cc1c(-c2ccc(/C=C3\SC(N4CCOCC4)=NC3=O)o2)cccc1[N+](=O)[O-]. The predicted octanol–water partition coefficient (Wildman–Crippen LogP) is 3.47. The van der Waals surface area contributed by atoms with Crippen LogP contribution in [0, 0.1) is 17.0 Å². The normalized spacial score (nSPS) is 18.6. The summed E-state index contributed by atoms with van der Waals surface area (Å²) in [5.41, 5.74) is 1.22. The zero-order valence-corrected chi connectivity index (χ0v) is 15.9. The number of amidine groups is 1. The Hall–Kier alpha value is -2.91. The molecule has 1 fully saturated rings. The van der Waals surface area contributed by atoms with Crippen molar-refractivity contribution in [2.75, 3.05) is 26.3 Å². The minimum atomic E-state index is -0.414. The van der Waals surface area contributed by atoms with Crippen LogP contribution in [0.4, 0.5) is 5.69 Å². The first-order chi connectivity index (χ1) is 13.5. The molecule has 8 nitrogen and oxygen atoms in total. The summed E-state index contributed by atoms with van der Waals surface area (Å²) in [7, 11) is 0. The van der Waals surface area contributed by atoms with Crippen LogP contribution in [0.15, 0.2) is 44.6 Å². The first-order valence-corrected chi connectivity index (χ1v) is 9.54. The van der Waals surface area contributed by atoms with Crippen LogP contribution in [0.1, 0.15) is 11.3 Å². The number of hydrogen-bond donors (Lipinski definition) is 0. The van der Waals surface area contributed by atoms with E-state index in [-0.39, 0.29) is 11.6 Å². The van der Waals surface area contributed by atoms with Crippen LogP contribution in [0.3, 0.4) is 0 Å². The van der Waals surface area contributed by atoms with Gasteiger partial charge < -0.3 is 14.1 Å². The highest BCUT2D eigenvalue weighted by molar-refractivity contribution is 8.18. The third-order valence-corrected chi connectivity index (χ3v) is 5.60. The van der Waals surface area contributed by atoms with E-state index in [1.807, 2.05) is 4.90 Å². The number of carbonyl (C=O) groups excluding carboxylic acids is 1. The summed E-state index contributed by atoms with van der Waals surface area (Å²) in [6, 6.07) is 8.34. The molecule has 3 heterocycles. The number of benzene rings is 1. The number of morpholine rings is 1. The third-order valence-electron chi connectivity index (χ3n) is 4.56. The summed E-state index contributed by atoms with van der Waals surface area (Å²) in [5.74, 6) is 0.712. The molecule has 1 amide bonds. The highest BCUT2D eigenvalue weighted by Crippen LogP contribution is 2.34. The molecule has 0 radical (unpaired) electrons. The van der Waals surface area contributed by atoms with Gasteiger partial charge in [0.1, 0.15) is 11.5 Å². The zero-order chi connectivity index (χ0) is 19.7. The van der Waals surface area contributed by atoms with Gasteiger partial charge in [0.2, 0.25) is 0 Å². The lowest BCUT2D eigenvalue weighted by molar-refractivity contribution is -0.385. The lowest BCUT2D eigenvalue weighted by Crippen LogP contribution is -2.38. The second kappa shape index (κ2) is 7.61. The Kier molecular flexibility index (Phi) is 5.01. The number of nitro groups is 1. The van der Waals surface area contributed by atoms with Crippen LogP contribution in [0.5, 0.6) is 0 Å². The lowest BCUT2D eigenvalue weighted by Gasteiger charge is -2.27. The number of aliphatic imine (C=N–C) groups is 1. The summed E-state index contributed by atoms with van der Waals surface area (Å²) in [6.45, 7) is 4.35. The molecule has 2 aliphatic heterocycles. The van der Waals surface area contributed by atoms with E-state index in [1.165, 1.54) is 17.8 Å². The molecule has 0 atom stereocenters. The average Bonchev–Trinajstić information content (AvgIpc) is 3.30. The monoisotopic (exact) mass is 399 g/mol. The fraction of sp³-hybridized carbons (Fsp3) is 0.263. The number of carbonyl (C=O) groups is 1. The van der Waals surface area contributed by atoms with Crippen molar-refractivity contribution < 1.29 is 18.9 Å². The summed E-state index contributed by atoms with van der Waals surface area (Å²) >= 11 is 1.32. The molecule has 28 heavy (non-hydrogen) atoms. The summed E-state index contributed by atoms with van der Waals surface area (Å²) in [4.78, 5) is 29.6. The largest absolute Gasteiger partial charge is 0.457 e. The number of amides is 1. The predicted molar refractivity (Wildman–Crippen MR) is 106 cm³/mol. The van der Waals surface area contributed by atoms with Gasteiger partial charge in [-0.3, -0.25) is 14.9 Å². The molecule has 0 unspecified atom stereocenters. The van der Waals surface area contributed by atoms with E-state index in [0.29, 0.717) is 59.0 Å². The molecule has 0 bridgehead atoms. The second-order valence-corrected chi connectivity index (χ2v) is 7.33. The van der Waals surface area contributed by atoms with E-state index in [9.17, 15) is 14.9 Å². The van der Waals surface area contributed by atoms with Crippen LogP contribution in [-0.4, -0.2) is 47.2 Å². The van der Waals surface area contributed by atoms with Crippen molar-refractivity contribution in [3.05, 3.63) is 56.7 Å². The quantitative estimate of drug-likeness (QED) is 0.443. The lowest BCUT2D eigenvalue weighted by atomic mass is 10.1. The topological polar surface area (TPSA) is 98.2 Å². The third kappa shape index (κ3) is 3.58. The Morgan fingerprint density at radius 1 is 1.25 bits per heavy atom. The number of hydrogen-bond acceptors (Lipinski definition) is 7. The first-order valence-electron chi connectivity index (χ1n) is 8.72. The van der Waals surface area contributed by atoms with E-state index in [1.54, 1.807) is 37.3 Å². The smallest absolute Gasteiger partial charge is 0.286 e. The Morgan fingerprint density at radius 3 is 2.79 bits per heavy atom. The van der Waals surface area contributed by atoms with Crippen LogP contribution < -0.4 is 0 Å². The van der Waals surface area contributed by atoms with Gasteiger partial charge in [0.05, 0.1) is 23.0 Å². The van der Waals surface area contributed by atoms with Gasteiger partial charge in [-0.15, -0.1) is 0 Å². The number of ether oxygens (including phenoxy) is 1. The highest BCUT2D eigenvalue weighted by Gasteiger charge is 2.27. The van der Waals surface area contributed by atoms with Crippen molar-refractivity contribution >= 4 is 34.6 Å². The second-order valence-electron chi connectivity index (χ2n) is 6.32. The molecule has 0 N–H and O–H groups in total. The molecule has 1 saturated heterocycles. The van der Waals surface area contributed by atoms with Crippen molar-refractivity contribution in [2.24, 2.45) is 4.99 Å². The van der Waals surface area contributed by atoms with E-state index in [4.69, 9.17) is 9.15 Å². The number of thioether (sulfide) groups is 1. The van der Waals surface area contributed by atoms with Crippen molar-refractivity contribution in [1.29, 1.82) is 0 Å². The van der Waals surface area contributed by atoms with Crippen molar-refractivity contribution in [3.63, 3.8) is 0 Å². The van der Waals surface area contributed by atoms with Gasteiger partial charge in [-0.05, 0) is 30.8 Å². The van der Waals surface area contributed by atoms with Crippen LogP contribution in [0.25, 0.3) is 17.4 Å². The maximum Gasteiger partial charge on any atom is 0.286 e. The average molecular weight is 399 g/mol. The minimum absolute atomic E-state index is 0.0406. The molecule has 0 spiro atoms. The summed E-state index contributed by atoms with van der Waals surface area (Å²) in [6.07, 6.45) is 1.65. The Balaban J connectivity index is 1.55. The molecule has 0 aliphatic carbocycles. The van der Waals surface area contributed by atoms with Gasteiger partial charge in [-0.25, -0.2) is 0 Å². The van der Waals surface area contributed by atoms with Crippen molar-refractivity contribution in [2.45, 2.75) is 6.92 Å². The summed E-state index contributed by atoms with van der Waals surface area (Å²) in [5, 5.41) is 11.8. The number of nitro benzene ring substituents is 1. The molecule has 4 rings (SSSR count). The van der Waals surface area contributed by atoms with E-state index in [0.717, 1.165) is 0 Å². The molecule has 9 heteroatoms. The van der Waals surface area contributed by atoms with E-state index >= 15 is 0 Å². The van der Waals surface area contributed by atoms with Crippen LogP contribution >= 0.6 is 11.8 Å². The fourth-order valence-corrected chi connectivity index (χ4v) is 4.03. The molecule has 0 saturated carbocycles. The van der Waals surface area contributed by atoms with Gasteiger partial charge in [0.25, 0.3) is 11.6 Å². The molecule has 144 valence electrons. The molecular formula is C19H17N3O5S. The molecular weight excluding hydrogens is 382 g/mol. The summed E-state index contributed by atoms with van der Waals surface area (Å²) < 4.78 is 11.2. The maximum atomic E-state index is 12.2. The number of furan rings is 1. The van der Waals surface area contributed by atoms with Crippen molar-refractivity contribution in [1.82, 2.24) is 4.90 Å². The van der Waals surface area contributed by atoms with Gasteiger partial charge in [-0.1, -0.05) is 12.1 Å². The standard InChI is InChI=1S/C19H17N3O5S/c1-12-14(3-2-4-15(12)22(24)25)16-6-5-13(27-16)11-17-18(23)20-19(28-17)21-7-9-26-10-8-21/h2-6,11H,7-10H2,1H3/b17-11-. The first kappa shape index (κ1) is 18.5. The van der Waals surface area contributed by atoms with Crippen LogP contribution in [0.2, 0.25) is 0 Å². The van der Waals surface area contributed by atoms with Gasteiger partial charge >= 0.3 is 0 Å². The van der Waals surface area contributed by atoms with E-state index < -0.39 is 4.92 Å². The van der Waals surface area contributed by atoms with E-state index in [2.05, 4.69) is 4.99 Å². The molecule has 1 aromatic carbocycles. The molecule has 2 aromatic rings. The molecule has 1 aromatic heterocycles. The highest BCUT2D eigenvalue weighted by atomic mass is 32.2. The van der Waals surface area contributed by atoms with Crippen LogP contribution in [-0.2, 0) is 9.53 Å². The van der Waals surface area contributed by atoms with Crippen molar-refractivity contribution in [3.8, 4) is 11.3 Å². The Morgan fingerprint density at radius 2 is 2.04 bits per heavy atom. The number of rotatable bonds is 3. The Bertz CT molecular complexity index is 1000. The number of nitrogens with zero attached hydrogens (tertiary/aromatic N) is 3. The van der Waals surface area contributed by atoms with Gasteiger partial charge in [-0.2, -0.15) is 4.99 Å².